The van der Waals surface area contributed by atoms with E-state index >= 15 is 0 Å². The summed E-state index contributed by atoms with van der Waals surface area (Å²) >= 11 is 0. The summed E-state index contributed by atoms with van der Waals surface area (Å²) in [5.74, 6) is 1.87. The maximum atomic E-state index is 6.10. The van der Waals surface area contributed by atoms with Gasteiger partial charge in [-0.15, -0.1) is 0 Å². The highest BCUT2D eigenvalue weighted by Gasteiger charge is 2.11. The summed E-state index contributed by atoms with van der Waals surface area (Å²) in [6.45, 7) is 0. The molecule has 0 saturated carbocycles. The Hall–Kier alpha value is -3.41. The predicted molar refractivity (Wildman–Crippen MR) is 96.9 cm³/mol. The van der Waals surface area contributed by atoms with Crippen LogP contribution in [0.15, 0.2) is 60.8 Å². The lowest BCUT2D eigenvalue weighted by molar-refractivity contribution is 0.414. The maximum Gasteiger partial charge on any atom is 0.155 e. The SMILES string of the molecule is COc1ccc(-n2cc3nc(Cc4ccccc4)nc(N)c3n2)cc1. The minimum absolute atomic E-state index is 0.392. The van der Waals surface area contributed by atoms with Gasteiger partial charge < -0.3 is 10.5 Å². The third-order valence-electron chi connectivity index (χ3n) is 3.98. The van der Waals surface area contributed by atoms with Gasteiger partial charge in [0.25, 0.3) is 0 Å². The van der Waals surface area contributed by atoms with E-state index in [2.05, 4.69) is 15.1 Å². The van der Waals surface area contributed by atoms with E-state index in [-0.39, 0.29) is 0 Å². The van der Waals surface area contributed by atoms with Crippen molar-refractivity contribution < 1.29 is 4.74 Å². The van der Waals surface area contributed by atoms with Crippen molar-refractivity contribution in [2.75, 3.05) is 12.8 Å². The van der Waals surface area contributed by atoms with Crippen molar-refractivity contribution in [3.8, 4) is 11.4 Å². The molecule has 6 nitrogen and oxygen atoms in total. The van der Waals surface area contributed by atoms with Crippen LogP contribution in [0.25, 0.3) is 16.7 Å². The van der Waals surface area contributed by atoms with E-state index in [0.717, 1.165) is 22.5 Å². The van der Waals surface area contributed by atoms with E-state index < -0.39 is 0 Å². The van der Waals surface area contributed by atoms with Gasteiger partial charge in [-0.25, -0.2) is 14.6 Å². The molecule has 124 valence electrons. The highest BCUT2D eigenvalue weighted by Crippen LogP contribution is 2.21. The second-order valence-electron chi connectivity index (χ2n) is 5.69. The largest absolute Gasteiger partial charge is 0.497 e. The third kappa shape index (κ3) is 3.01. The van der Waals surface area contributed by atoms with Gasteiger partial charge in [0.1, 0.15) is 17.1 Å². The van der Waals surface area contributed by atoms with Crippen molar-refractivity contribution in [2.45, 2.75) is 6.42 Å². The molecule has 2 heterocycles. The normalized spacial score (nSPS) is 10.9. The Morgan fingerprint density at radius 1 is 1.00 bits per heavy atom. The van der Waals surface area contributed by atoms with Gasteiger partial charge in [0, 0.05) is 6.42 Å². The molecule has 6 heteroatoms. The highest BCUT2D eigenvalue weighted by molar-refractivity contribution is 5.83. The van der Waals surface area contributed by atoms with Crippen LogP contribution in [0, 0.1) is 0 Å². The fourth-order valence-corrected chi connectivity index (χ4v) is 2.71. The number of nitrogens with zero attached hydrogens (tertiary/aromatic N) is 4. The van der Waals surface area contributed by atoms with Crippen molar-refractivity contribution in [3.63, 3.8) is 0 Å². The number of hydrogen-bond donors (Lipinski definition) is 1. The summed E-state index contributed by atoms with van der Waals surface area (Å²) in [5.41, 5.74) is 9.48. The first-order valence-electron chi connectivity index (χ1n) is 7.93. The lowest BCUT2D eigenvalue weighted by atomic mass is 10.1. The number of ether oxygens (including phenoxy) is 1. The summed E-state index contributed by atoms with van der Waals surface area (Å²) in [6, 6.07) is 17.7. The molecule has 0 aliphatic rings. The van der Waals surface area contributed by atoms with Gasteiger partial charge in [-0.1, -0.05) is 30.3 Å². The van der Waals surface area contributed by atoms with Gasteiger partial charge in [0.05, 0.1) is 19.0 Å². The van der Waals surface area contributed by atoms with Gasteiger partial charge in [0.2, 0.25) is 0 Å². The molecule has 0 fully saturated rings. The van der Waals surface area contributed by atoms with E-state index in [0.29, 0.717) is 23.6 Å². The Labute approximate surface area is 144 Å². The van der Waals surface area contributed by atoms with Gasteiger partial charge in [0.15, 0.2) is 11.3 Å². The second kappa shape index (κ2) is 6.24. The Bertz CT molecular complexity index is 1010. The molecule has 2 N–H and O–H groups in total. The average Bonchev–Trinajstić information content (AvgIpc) is 3.07. The molecule has 4 rings (SSSR count). The smallest absolute Gasteiger partial charge is 0.155 e. The molecule has 0 atom stereocenters. The van der Waals surface area contributed by atoms with E-state index in [1.807, 2.05) is 60.8 Å². The number of nitrogens with two attached hydrogens (primary N) is 1. The van der Waals surface area contributed by atoms with Crippen molar-refractivity contribution in [1.82, 2.24) is 19.7 Å². The van der Waals surface area contributed by atoms with E-state index in [1.54, 1.807) is 11.8 Å². The van der Waals surface area contributed by atoms with Gasteiger partial charge in [-0.3, -0.25) is 0 Å². The van der Waals surface area contributed by atoms with Crippen molar-refractivity contribution in [2.24, 2.45) is 0 Å². The molecule has 0 unspecified atom stereocenters. The summed E-state index contributed by atoms with van der Waals surface area (Å²) in [7, 11) is 1.64. The van der Waals surface area contributed by atoms with Crippen LogP contribution in [0.4, 0.5) is 5.82 Å². The van der Waals surface area contributed by atoms with Crippen LogP contribution in [-0.2, 0) is 6.42 Å². The standard InChI is InChI=1S/C19H17N5O/c1-25-15-9-7-14(8-10-15)24-12-16-18(23-24)19(20)22-17(21-16)11-13-5-3-2-4-6-13/h2-10,12H,11H2,1H3,(H2,20,21,22). The Kier molecular flexibility index (Phi) is 3.78. The lowest BCUT2D eigenvalue weighted by Gasteiger charge is -2.02. The van der Waals surface area contributed by atoms with Crippen LogP contribution in [-0.4, -0.2) is 26.9 Å². The number of methoxy groups -OCH3 is 1. The zero-order chi connectivity index (χ0) is 17.2. The summed E-state index contributed by atoms with van der Waals surface area (Å²) in [5, 5.41) is 4.51. The molecular formula is C19H17N5O. The van der Waals surface area contributed by atoms with Crippen molar-refractivity contribution in [1.29, 1.82) is 0 Å². The zero-order valence-electron chi connectivity index (χ0n) is 13.8. The van der Waals surface area contributed by atoms with Crippen molar-refractivity contribution >= 4 is 16.9 Å². The molecule has 0 radical (unpaired) electrons. The summed E-state index contributed by atoms with van der Waals surface area (Å²) in [4.78, 5) is 9.01. The fourth-order valence-electron chi connectivity index (χ4n) is 2.71. The molecule has 0 amide bonds. The van der Waals surface area contributed by atoms with Crippen LogP contribution in [0.5, 0.6) is 5.75 Å². The predicted octanol–water partition coefficient (Wildman–Crippen LogP) is 3.00. The first-order chi connectivity index (χ1) is 12.2. The summed E-state index contributed by atoms with van der Waals surface area (Å²) in [6.07, 6.45) is 2.50. The van der Waals surface area contributed by atoms with E-state index in [9.17, 15) is 0 Å². The van der Waals surface area contributed by atoms with Gasteiger partial charge in [-0.05, 0) is 29.8 Å². The zero-order valence-corrected chi connectivity index (χ0v) is 13.8. The molecule has 2 aromatic heterocycles. The summed E-state index contributed by atoms with van der Waals surface area (Å²) < 4.78 is 6.93. The quantitative estimate of drug-likeness (QED) is 0.622. The van der Waals surface area contributed by atoms with Crippen LogP contribution < -0.4 is 10.5 Å². The molecule has 0 bridgehead atoms. The topological polar surface area (TPSA) is 78.8 Å². The van der Waals surface area contributed by atoms with E-state index in [4.69, 9.17) is 10.5 Å². The van der Waals surface area contributed by atoms with Crippen LogP contribution in [0.1, 0.15) is 11.4 Å². The van der Waals surface area contributed by atoms with Gasteiger partial charge >= 0.3 is 0 Å². The lowest BCUT2D eigenvalue weighted by Crippen LogP contribution is -2.01. The monoisotopic (exact) mass is 331 g/mol. The number of hydrogen-bond acceptors (Lipinski definition) is 5. The van der Waals surface area contributed by atoms with Crippen LogP contribution in [0.2, 0.25) is 0 Å². The fraction of sp³-hybridized carbons (Fsp3) is 0.105. The van der Waals surface area contributed by atoms with Gasteiger partial charge in [-0.2, -0.15) is 5.10 Å². The molecular weight excluding hydrogens is 314 g/mol. The number of aromatic nitrogens is 4. The Balaban J connectivity index is 1.71. The third-order valence-corrected chi connectivity index (χ3v) is 3.98. The Morgan fingerprint density at radius 2 is 1.76 bits per heavy atom. The first-order valence-corrected chi connectivity index (χ1v) is 7.93. The van der Waals surface area contributed by atoms with Crippen molar-refractivity contribution in [3.05, 3.63) is 72.2 Å². The molecule has 0 aliphatic carbocycles. The second-order valence-corrected chi connectivity index (χ2v) is 5.69. The van der Waals surface area contributed by atoms with E-state index in [1.165, 1.54) is 0 Å². The number of nitrogen functional groups attached to an aromatic ring is 1. The first kappa shape index (κ1) is 15.1. The molecule has 25 heavy (non-hydrogen) atoms. The highest BCUT2D eigenvalue weighted by atomic mass is 16.5. The minimum atomic E-state index is 0.392. The van der Waals surface area contributed by atoms with Crippen LogP contribution in [0.3, 0.4) is 0 Å². The molecule has 4 aromatic rings. The molecule has 0 spiro atoms. The number of benzene rings is 2. The number of anilines is 1. The molecule has 2 aromatic carbocycles. The van der Waals surface area contributed by atoms with Crippen LogP contribution >= 0.6 is 0 Å². The maximum absolute atomic E-state index is 6.10. The Morgan fingerprint density at radius 3 is 2.48 bits per heavy atom. The molecule has 0 aliphatic heterocycles. The number of rotatable bonds is 4. The average molecular weight is 331 g/mol. The number of fused-ring (bicyclic) bond motifs is 1. The minimum Gasteiger partial charge on any atom is -0.497 e. The molecule has 0 saturated heterocycles.